The summed E-state index contributed by atoms with van der Waals surface area (Å²) in [5, 5.41) is 1.59. The molecule has 0 aliphatic rings. The molecule has 2 heterocycles. The summed E-state index contributed by atoms with van der Waals surface area (Å²) < 4.78 is 41.9. The van der Waals surface area contributed by atoms with Crippen LogP contribution in [-0.4, -0.2) is 21.6 Å². The number of benzene rings is 2. The van der Waals surface area contributed by atoms with E-state index in [9.17, 15) is 13.2 Å². The Balaban J connectivity index is 1.93. The van der Waals surface area contributed by atoms with Crippen LogP contribution in [0.15, 0.2) is 48.7 Å². The summed E-state index contributed by atoms with van der Waals surface area (Å²) >= 11 is 0. The highest BCUT2D eigenvalue weighted by atomic mass is 19.4. The fourth-order valence-corrected chi connectivity index (χ4v) is 3.21. The number of fused-ring (bicyclic) bond motifs is 2. The summed E-state index contributed by atoms with van der Waals surface area (Å²) in [6.07, 6.45) is -2.67. The van der Waals surface area contributed by atoms with E-state index >= 15 is 0 Å². The van der Waals surface area contributed by atoms with Crippen molar-refractivity contribution < 1.29 is 13.2 Å². The van der Waals surface area contributed by atoms with Gasteiger partial charge in [-0.1, -0.05) is 11.6 Å². The van der Waals surface area contributed by atoms with Gasteiger partial charge in [0.15, 0.2) is 0 Å². The minimum absolute atomic E-state index is 0.228. The minimum Gasteiger partial charge on any atom is -0.351 e. The SMILES string of the molecule is Cc1ccc2nc(C(F)(F)F)nc(N(C)c3ccc4c(ccn4C)c3)c2c1. The molecule has 27 heavy (non-hydrogen) atoms. The van der Waals surface area contributed by atoms with Gasteiger partial charge in [0.1, 0.15) is 5.82 Å². The summed E-state index contributed by atoms with van der Waals surface area (Å²) in [6.45, 7) is 1.89. The Morgan fingerprint density at radius 3 is 2.52 bits per heavy atom. The van der Waals surface area contributed by atoms with Crippen LogP contribution in [0, 0.1) is 6.92 Å². The molecule has 0 unspecified atom stereocenters. The highest BCUT2D eigenvalue weighted by Crippen LogP contribution is 2.35. The Bertz CT molecular complexity index is 1160. The zero-order valence-electron chi connectivity index (χ0n) is 15.0. The van der Waals surface area contributed by atoms with Crippen molar-refractivity contribution in [2.24, 2.45) is 7.05 Å². The second kappa shape index (κ2) is 5.97. The van der Waals surface area contributed by atoms with Gasteiger partial charge in [-0.2, -0.15) is 13.2 Å². The van der Waals surface area contributed by atoms with Crippen LogP contribution in [0.2, 0.25) is 0 Å². The standard InChI is InChI=1S/C20H17F3N4/c1-12-4-6-16-15(10-12)18(25-19(24-16)20(21,22)23)27(3)14-5-7-17-13(11-14)8-9-26(17)2/h4-11H,1-3H3. The first kappa shape index (κ1) is 17.3. The van der Waals surface area contributed by atoms with Crippen molar-refractivity contribution >= 4 is 33.3 Å². The lowest BCUT2D eigenvalue weighted by Crippen LogP contribution is -2.17. The normalized spacial score (nSPS) is 12.1. The Morgan fingerprint density at radius 1 is 1.00 bits per heavy atom. The zero-order chi connectivity index (χ0) is 19.3. The quantitative estimate of drug-likeness (QED) is 0.485. The highest BCUT2D eigenvalue weighted by molar-refractivity contribution is 5.93. The summed E-state index contributed by atoms with van der Waals surface area (Å²) in [7, 11) is 3.66. The molecule has 138 valence electrons. The second-order valence-corrected chi connectivity index (χ2v) is 6.62. The summed E-state index contributed by atoms with van der Waals surface area (Å²) in [4.78, 5) is 9.24. The lowest BCUT2D eigenvalue weighted by Gasteiger charge is -2.21. The molecular formula is C20H17F3N4. The number of hydrogen-bond donors (Lipinski definition) is 0. The molecule has 2 aromatic heterocycles. The number of aromatic nitrogens is 3. The van der Waals surface area contributed by atoms with E-state index < -0.39 is 12.0 Å². The van der Waals surface area contributed by atoms with Crippen LogP contribution in [0.3, 0.4) is 0 Å². The van der Waals surface area contributed by atoms with Crippen LogP contribution < -0.4 is 4.90 Å². The van der Waals surface area contributed by atoms with E-state index in [4.69, 9.17) is 0 Å². The average Bonchev–Trinajstić information content (AvgIpc) is 3.00. The Labute approximate surface area is 153 Å². The number of aryl methyl sites for hydroxylation is 2. The molecular weight excluding hydrogens is 353 g/mol. The van der Waals surface area contributed by atoms with Crippen molar-refractivity contribution in [3.63, 3.8) is 0 Å². The van der Waals surface area contributed by atoms with Gasteiger partial charge < -0.3 is 9.47 Å². The van der Waals surface area contributed by atoms with Crippen LogP contribution in [0.5, 0.6) is 0 Å². The Kier molecular flexibility index (Phi) is 3.83. The van der Waals surface area contributed by atoms with Crippen molar-refractivity contribution in [2.75, 3.05) is 11.9 Å². The van der Waals surface area contributed by atoms with Crippen molar-refractivity contribution in [3.05, 3.63) is 60.0 Å². The maximum absolute atomic E-state index is 13.3. The third kappa shape index (κ3) is 2.99. The molecule has 0 aliphatic heterocycles. The number of anilines is 2. The third-order valence-corrected chi connectivity index (χ3v) is 4.66. The molecule has 0 spiro atoms. The second-order valence-electron chi connectivity index (χ2n) is 6.62. The van der Waals surface area contributed by atoms with Crippen LogP contribution in [-0.2, 0) is 13.2 Å². The van der Waals surface area contributed by atoms with Gasteiger partial charge in [-0.05, 0) is 43.3 Å². The topological polar surface area (TPSA) is 34.0 Å². The molecule has 4 aromatic rings. The molecule has 0 N–H and O–H groups in total. The van der Waals surface area contributed by atoms with Crippen LogP contribution in [0.4, 0.5) is 24.7 Å². The third-order valence-electron chi connectivity index (χ3n) is 4.66. The number of alkyl halides is 3. The number of halogens is 3. The first-order valence-corrected chi connectivity index (χ1v) is 8.38. The first-order chi connectivity index (χ1) is 12.7. The molecule has 0 aliphatic carbocycles. The maximum atomic E-state index is 13.3. The molecule has 0 fully saturated rings. The van der Waals surface area contributed by atoms with E-state index in [2.05, 4.69) is 9.97 Å². The molecule has 7 heteroatoms. The zero-order valence-corrected chi connectivity index (χ0v) is 15.0. The minimum atomic E-state index is -4.61. The van der Waals surface area contributed by atoms with Gasteiger partial charge in [0.05, 0.1) is 5.52 Å². The lowest BCUT2D eigenvalue weighted by molar-refractivity contribution is -0.144. The van der Waals surface area contributed by atoms with E-state index in [0.717, 1.165) is 22.2 Å². The predicted octanol–water partition coefficient (Wildman–Crippen LogP) is 5.22. The van der Waals surface area contributed by atoms with E-state index in [1.54, 1.807) is 24.1 Å². The van der Waals surface area contributed by atoms with Gasteiger partial charge in [-0.15, -0.1) is 0 Å². The summed E-state index contributed by atoms with van der Waals surface area (Å²) in [5.41, 5.74) is 3.00. The molecule has 0 bridgehead atoms. The van der Waals surface area contributed by atoms with Crippen molar-refractivity contribution in [3.8, 4) is 0 Å². The van der Waals surface area contributed by atoms with E-state index in [1.807, 2.05) is 55.1 Å². The number of nitrogens with zero attached hydrogens (tertiary/aromatic N) is 4. The van der Waals surface area contributed by atoms with Gasteiger partial charge in [0.2, 0.25) is 5.82 Å². The molecule has 0 saturated heterocycles. The fraction of sp³-hybridized carbons (Fsp3) is 0.200. The largest absolute Gasteiger partial charge is 0.451 e. The fourth-order valence-electron chi connectivity index (χ4n) is 3.21. The first-order valence-electron chi connectivity index (χ1n) is 8.38. The maximum Gasteiger partial charge on any atom is 0.451 e. The van der Waals surface area contributed by atoms with Gasteiger partial charge >= 0.3 is 6.18 Å². The highest BCUT2D eigenvalue weighted by Gasteiger charge is 2.36. The van der Waals surface area contributed by atoms with E-state index in [-0.39, 0.29) is 11.3 Å². The monoisotopic (exact) mass is 370 g/mol. The van der Waals surface area contributed by atoms with Gasteiger partial charge in [0.25, 0.3) is 0 Å². The molecule has 0 amide bonds. The molecule has 4 nitrogen and oxygen atoms in total. The molecule has 2 aromatic carbocycles. The Morgan fingerprint density at radius 2 is 1.78 bits per heavy atom. The van der Waals surface area contributed by atoms with Crippen LogP contribution in [0.25, 0.3) is 21.8 Å². The number of hydrogen-bond acceptors (Lipinski definition) is 3. The van der Waals surface area contributed by atoms with Gasteiger partial charge in [-0.3, -0.25) is 0 Å². The number of rotatable bonds is 2. The summed E-state index contributed by atoms with van der Waals surface area (Å²) in [5.74, 6) is -0.909. The average molecular weight is 370 g/mol. The molecule has 0 saturated carbocycles. The smallest absolute Gasteiger partial charge is 0.351 e. The van der Waals surface area contributed by atoms with Crippen LogP contribution >= 0.6 is 0 Å². The summed E-state index contributed by atoms with van der Waals surface area (Å²) in [6, 6.07) is 12.9. The Hall–Kier alpha value is -3.09. The van der Waals surface area contributed by atoms with Gasteiger partial charge in [-0.25, -0.2) is 9.97 Å². The molecule has 0 atom stereocenters. The molecule has 4 rings (SSSR count). The van der Waals surface area contributed by atoms with Crippen molar-refractivity contribution in [2.45, 2.75) is 13.1 Å². The van der Waals surface area contributed by atoms with E-state index in [1.165, 1.54) is 0 Å². The van der Waals surface area contributed by atoms with Crippen molar-refractivity contribution in [1.82, 2.24) is 14.5 Å². The van der Waals surface area contributed by atoms with E-state index in [0.29, 0.717) is 5.39 Å². The van der Waals surface area contributed by atoms with Crippen LogP contribution in [0.1, 0.15) is 11.4 Å². The molecule has 0 radical (unpaired) electrons. The van der Waals surface area contributed by atoms with Gasteiger partial charge in [0, 0.05) is 42.3 Å². The lowest BCUT2D eigenvalue weighted by atomic mass is 10.1. The van der Waals surface area contributed by atoms with Crippen molar-refractivity contribution in [1.29, 1.82) is 0 Å². The predicted molar refractivity (Wildman–Crippen MR) is 100 cm³/mol.